The highest BCUT2D eigenvalue weighted by Crippen LogP contribution is 2.21. The smallest absolute Gasteiger partial charge is 0.153 e. The normalized spacial score (nSPS) is 9.75. The van der Waals surface area contributed by atoms with Crippen LogP contribution in [0.25, 0.3) is 0 Å². The van der Waals surface area contributed by atoms with Crippen LogP contribution in [0.5, 0.6) is 5.75 Å². The Morgan fingerprint density at radius 2 is 2.25 bits per heavy atom. The molecule has 0 aliphatic rings. The van der Waals surface area contributed by atoms with E-state index in [1.807, 2.05) is 13.0 Å². The zero-order chi connectivity index (χ0) is 8.97. The van der Waals surface area contributed by atoms with Gasteiger partial charge < -0.3 is 5.11 Å². The number of aromatic hydroxyl groups is 1. The third-order valence-corrected chi connectivity index (χ3v) is 1.80. The summed E-state index contributed by atoms with van der Waals surface area (Å²) in [5.74, 6) is 0.134. The topological polar surface area (TPSA) is 37.3 Å². The van der Waals surface area contributed by atoms with Crippen LogP contribution in [0.15, 0.2) is 18.2 Å². The first kappa shape index (κ1) is 8.78. The lowest BCUT2D eigenvalue weighted by Crippen LogP contribution is -1.88. The van der Waals surface area contributed by atoms with Crippen LogP contribution < -0.4 is 0 Å². The van der Waals surface area contributed by atoms with Gasteiger partial charge in [-0.1, -0.05) is 25.5 Å². The number of rotatable bonds is 3. The summed E-state index contributed by atoms with van der Waals surface area (Å²) >= 11 is 0. The van der Waals surface area contributed by atoms with E-state index >= 15 is 0 Å². The highest BCUT2D eigenvalue weighted by molar-refractivity contribution is 5.79. The van der Waals surface area contributed by atoms with Gasteiger partial charge in [0.25, 0.3) is 0 Å². The van der Waals surface area contributed by atoms with Crippen LogP contribution in [0.4, 0.5) is 0 Å². The van der Waals surface area contributed by atoms with Crippen LogP contribution in [0.1, 0.15) is 29.3 Å². The molecule has 0 spiro atoms. The van der Waals surface area contributed by atoms with Gasteiger partial charge in [-0.3, -0.25) is 4.79 Å². The van der Waals surface area contributed by atoms with E-state index in [0.29, 0.717) is 11.8 Å². The summed E-state index contributed by atoms with van der Waals surface area (Å²) < 4.78 is 0. The van der Waals surface area contributed by atoms with Crippen LogP contribution in [-0.4, -0.2) is 11.4 Å². The molecule has 0 amide bonds. The monoisotopic (exact) mass is 164 g/mol. The van der Waals surface area contributed by atoms with E-state index in [1.165, 1.54) is 0 Å². The van der Waals surface area contributed by atoms with Gasteiger partial charge in [-0.2, -0.15) is 0 Å². The maximum absolute atomic E-state index is 10.4. The van der Waals surface area contributed by atoms with Gasteiger partial charge in [0.15, 0.2) is 6.29 Å². The Bertz CT molecular complexity index is 279. The van der Waals surface area contributed by atoms with Crippen molar-refractivity contribution in [2.75, 3.05) is 0 Å². The standard InChI is InChI=1S/C10H12O2/c1-2-4-8-5-3-6-9(7-11)10(8)12/h3,5-7,12H,2,4H2,1H3. The fourth-order valence-electron chi connectivity index (χ4n) is 1.18. The molecule has 0 saturated carbocycles. The van der Waals surface area contributed by atoms with Crippen LogP contribution in [0.3, 0.4) is 0 Å². The van der Waals surface area contributed by atoms with E-state index in [-0.39, 0.29) is 5.75 Å². The molecule has 1 N–H and O–H groups in total. The van der Waals surface area contributed by atoms with Crippen molar-refractivity contribution in [3.05, 3.63) is 29.3 Å². The highest BCUT2D eigenvalue weighted by Gasteiger charge is 2.03. The molecule has 2 heteroatoms. The average Bonchev–Trinajstić information content (AvgIpc) is 2.09. The first-order valence-electron chi connectivity index (χ1n) is 4.05. The van der Waals surface area contributed by atoms with Crippen LogP contribution in [0.2, 0.25) is 0 Å². The maximum atomic E-state index is 10.4. The zero-order valence-electron chi connectivity index (χ0n) is 7.08. The summed E-state index contributed by atoms with van der Waals surface area (Å²) in [6.07, 6.45) is 2.46. The molecule has 0 radical (unpaired) electrons. The molecule has 0 aliphatic heterocycles. The van der Waals surface area contributed by atoms with Crippen LogP contribution >= 0.6 is 0 Å². The van der Waals surface area contributed by atoms with Gasteiger partial charge in [-0.05, 0) is 18.1 Å². The van der Waals surface area contributed by atoms with Crippen molar-refractivity contribution >= 4 is 6.29 Å². The van der Waals surface area contributed by atoms with Crippen molar-refractivity contribution in [3.8, 4) is 5.75 Å². The third kappa shape index (κ3) is 1.64. The average molecular weight is 164 g/mol. The third-order valence-electron chi connectivity index (χ3n) is 1.80. The SMILES string of the molecule is CCCc1cccc(C=O)c1O. The molecule has 64 valence electrons. The van der Waals surface area contributed by atoms with Crippen LogP contribution in [-0.2, 0) is 6.42 Å². The predicted octanol–water partition coefficient (Wildman–Crippen LogP) is 2.16. The molecule has 1 aromatic rings. The maximum Gasteiger partial charge on any atom is 0.153 e. The lowest BCUT2D eigenvalue weighted by atomic mass is 10.1. The van der Waals surface area contributed by atoms with Crippen LogP contribution in [0, 0.1) is 0 Å². The molecule has 12 heavy (non-hydrogen) atoms. The van der Waals surface area contributed by atoms with Crippen molar-refractivity contribution in [3.63, 3.8) is 0 Å². The Balaban J connectivity index is 3.04. The van der Waals surface area contributed by atoms with Gasteiger partial charge in [-0.25, -0.2) is 0 Å². The summed E-state index contributed by atoms with van der Waals surface area (Å²) in [7, 11) is 0. The van der Waals surface area contributed by atoms with E-state index in [4.69, 9.17) is 0 Å². The van der Waals surface area contributed by atoms with Crippen molar-refractivity contribution in [1.82, 2.24) is 0 Å². The zero-order valence-corrected chi connectivity index (χ0v) is 7.08. The van der Waals surface area contributed by atoms with Crippen molar-refractivity contribution in [2.45, 2.75) is 19.8 Å². The van der Waals surface area contributed by atoms with E-state index < -0.39 is 0 Å². The first-order chi connectivity index (χ1) is 5.79. The second-order valence-corrected chi connectivity index (χ2v) is 2.72. The summed E-state index contributed by atoms with van der Waals surface area (Å²) in [5, 5.41) is 9.49. The Kier molecular flexibility index (Phi) is 2.86. The van der Waals surface area contributed by atoms with E-state index in [2.05, 4.69) is 0 Å². The summed E-state index contributed by atoms with van der Waals surface area (Å²) in [6.45, 7) is 2.03. The summed E-state index contributed by atoms with van der Waals surface area (Å²) in [5.41, 5.74) is 1.23. The number of carbonyl (C=O) groups excluding carboxylic acids is 1. The molecule has 2 nitrogen and oxygen atoms in total. The molecule has 1 rings (SSSR count). The van der Waals surface area contributed by atoms with E-state index in [9.17, 15) is 9.90 Å². The van der Waals surface area contributed by atoms with Gasteiger partial charge in [-0.15, -0.1) is 0 Å². The molecule has 0 atom stereocenters. The molecular weight excluding hydrogens is 152 g/mol. The number of hydrogen-bond acceptors (Lipinski definition) is 2. The quantitative estimate of drug-likeness (QED) is 0.695. The minimum atomic E-state index is 0.134. The fourth-order valence-corrected chi connectivity index (χ4v) is 1.18. The lowest BCUT2D eigenvalue weighted by molar-refractivity contribution is 0.112. The summed E-state index contributed by atoms with van der Waals surface area (Å²) in [6, 6.07) is 5.24. The van der Waals surface area contributed by atoms with Crippen molar-refractivity contribution in [2.24, 2.45) is 0 Å². The molecule has 0 aromatic heterocycles. The van der Waals surface area contributed by atoms with Gasteiger partial charge in [0.1, 0.15) is 5.75 Å². The van der Waals surface area contributed by atoms with Gasteiger partial charge >= 0.3 is 0 Å². The number of phenolic OH excluding ortho intramolecular Hbond substituents is 1. The summed E-state index contributed by atoms with van der Waals surface area (Å²) in [4.78, 5) is 10.4. The molecule has 0 aliphatic carbocycles. The Hall–Kier alpha value is -1.31. The minimum absolute atomic E-state index is 0.134. The number of benzene rings is 1. The molecule has 0 heterocycles. The fraction of sp³-hybridized carbons (Fsp3) is 0.300. The molecule has 0 unspecified atom stereocenters. The number of para-hydroxylation sites is 1. The predicted molar refractivity (Wildman–Crippen MR) is 47.5 cm³/mol. The van der Waals surface area contributed by atoms with Gasteiger partial charge in [0.2, 0.25) is 0 Å². The molecule has 0 fully saturated rings. The van der Waals surface area contributed by atoms with Gasteiger partial charge in [0.05, 0.1) is 5.56 Å². The number of hydrogen-bond donors (Lipinski definition) is 1. The largest absolute Gasteiger partial charge is 0.507 e. The number of carbonyl (C=O) groups is 1. The minimum Gasteiger partial charge on any atom is -0.507 e. The molecular formula is C10H12O2. The highest BCUT2D eigenvalue weighted by atomic mass is 16.3. The first-order valence-corrected chi connectivity index (χ1v) is 4.05. The van der Waals surface area contributed by atoms with Gasteiger partial charge in [0, 0.05) is 0 Å². The molecule has 0 bridgehead atoms. The van der Waals surface area contributed by atoms with Crippen molar-refractivity contribution < 1.29 is 9.90 Å². The van der Waals surface area contributed by atoms with Crippen molar-refractivity contribution in [1.29, 1.82) is 0 Å². The van der Waals surface area contributed by atoms with E-state index in [1.54, 1.807) is 12.1 Å². The molecule has 1 aromatic carbocycles. The number of aryl methyl sites for hydroxylation is 1. The number of phenols is 1. The second-order valence-electron chi connectivity index (χ2n) is 2.72. The number of aldehydes is 1. The molecule has 0 saturated heterocycles. The second kappa shape index (κ2) is 3.90. The lowest BCUT2D eigenvalue weighted by Gasteiger charge is -2.03. The van der Waals surface area contributed by atoms with E-state index in [0.717, 1.165) is 18.4 Å². The Morgan fingerprint density at radius 3 is 2.83 bits per heavy atom. The Morgan fingerprint density at radius 1 is 1.50 bits per heavy atom. The Labute approximate surface area is 71.8 Å².